The molecule has 13 nitrogen and oxygen atoms in total. The Balaban J connectivity index is 2.11. The third-order valence-electron chi connectivity index (χ3n) is 9.30. The number of ketones is 1. The van der Waals surface area contributed by atoms with Crippen LogP contribution in [0.15, 0.2) is 42.6 Å². The summed E-state index contributed by atoms with van der Waals surface area (Å²) in [4.78, 5) is 50.9. The van der Waals surface area contributed by atoms with E-state index in [9.17, 15) is 23.7 Å². The molecule has 1 amide bonds. The lowest BCUT2D eigenvalue weighted by atomic mass is 9.97. The molecule has 2 N–H and O–H groups in total. The van der Waals surface area contributed by atoms with Crippen molar-refractivity contribution in [1.29, 1.82) is 0 Å². The van der Waals surface area contributed by atoms with Gasteiger partial charge in [-0.05, 0) is 68.1 Å². The van der Waals surface area contributed by atoms with Gasteiger partial charge in [-0.3, -0.25) is 23.8 Å². The molecule has 1 aromatic rings. The van der Waals surface area contributed by atoms with Crippen LogP contribution >= 0.6 is 7.75 Å². The lowest BCUT2D eigenvalue weighted by molar-refractivity contribution is -0.150. The van der Waals surface area contributed by atoms with Crippen molar-refractivity contribution in [2.75, 3.05) is 6.61 Å². The molecule has 0 radical (unpaired) electrons. The van der Waals surface area contributed by atoms with Crippen molar-refractivity contribution < 1.29 is 55.2 Å². The highest BCUT2D eigenvalue weighted by molar-refractivity contribution is 7.52. The number of allylic oxidation sites excluding steroid dienone is 1. The summed E-state index contributed by atoms with van der Waals surface area (Å²) in [6.45, 7) is 20.6. The van der Waals surface area contributed by atoms with E-state index in [-0.39, 0.29) is 27.9 Å². The van der Waals surface area contributed by atoms with Crippen molar-refractivity contribution in [1.82, 2.24) is 9.99 Å². The molecule has 0 spiro atoms. The number of benzene rings is 1. The highest BCUT2D eigenvalue weighted by Gasteiger charge is 2.64. The molecule has 1 fully saturated rings. The Hall–Kier alpha value is -2.28. The van der Waals surface area contributed by atoms with Crippen LogP contribution in [0.3, 0.4) is 0 Å². The monoisotopic (exact) mass is 788 g/mol. The molecule has 1 aromatic carbocycles. The van der Waals surface area contributed by atoms with Gasteiger partial charge in [-0.15, -0.1) is 0 Å². The first-order valence-corrected chi connectivity index (χ1v) is 23.5. The Morgan fingerprint density at radius 2 is 1.60 bits per heavy atom. The van der Waals surface area contributed by atoms with Crippen LogP contribution in [0.2, 0.25) is 22.2 Å². The summed E-state index contributed by atoms with van der Waals surface area (Å²) in [6.07, 6.45) is -2.97. The minimum absolute atomic E-state index is 0.163. The summed E-state index contributed by atoms with van der Waals surface area (Å²) in [5.41, 5.74) is -3.49. The molecule has 3 rings (SSSR count). The number of esters is 1. The third kappa shape index (κ3) is 10.1. The van der Waals surface area contributed by atoms with Crippen molar-refractivity contribution in [2.24, 2.45) is 0 Å². The number of ether oxygens (including phenoxy) is 2. The molecule has 17 heteroatoms. The summed E-state index contributed by atoms with van der Waals surface area (Å²) in [7, 11) is -11.6. The number of hydrogen-bond donors (Lipinski definition) is 2. The number of rotatable bonds is 18. The number of alkyl halides is 1. The first-order chi connectivity index (χ1) is 24.0. The van der Waals surface area contributed by atoms with Crippen LogP contribution in [-0.2, 0) is 41.5 Å². The Morgan fingerprint density at radius 3 is 2.10 bits per heavy atom. The third-order valence-corrected chi connectivity index (χ3v) is 20.7. The quantitative estimate of drug-likeness (QED) is 0.0694. The number of halogens is 1. The van der Waals surface area contributed by atoms with Crippen LogP contribution in [0.1, 0.15) is 89.5 Å². The molecule has 0 bridgehead atoms. The van der Waals surface area contributed by atoms with Gasteiger partial charge in [0.1, 0.15) is 24.0 Å². The fraction of sp³-hybridized carbons (Fsp3) is 0.686. The summed E-state index contributed by atoms with van der Waals surface area (Å²) in [6, 6.07) is 7.01. The molecule has 294 valence electrons. The minimum Gasteiger partial charge on any atom is -0.462 e. The standard InChI is InChI=1S/C35H58FN2O11PSi2/c1-22(2)45-33(41)27(11)37-50(42,47-29-16-14-13-15-17-29)44-21-30-32(35(12,36)34(46-30)38-19-18-28(39)20-31(38)40)48-52(25(7)8,26(9)10)49-51(43,23(3)4)24(5)6/h13-19,22-27,30,32,34,43H,20-21H2,1-12H3,(H,37,42)/t27-,30+,32+,34+,35+,50+/m0/s1. The van der Waals surface area contributed by atoms with Crippen molar-refractivity contribution in [3.8, 4) is 5.75 Å². The molecule has 2 aliphatic rings. The highest BCUT2D eigenvalue weighted by Crippen LogP contribution is 2.50. The van der Waals surface area contributed by atoms with E-state index in [1.807, 2.05) is 55.4 Å². The maximum absolute atomic E-state index is 17.6. The van der Waals surface area contributed by atoms with E-state index >= 15 is 4.39 Å². The van der Waals surface area contributed by atoms with Gasteiger partial charge >= 0.3 is 30.8 Å². The van der Waals surface area contributed by atoms with Gasteiger partial charge in [0.05, 0.1) is 19.1 Å². The second kappa shape index (κ2) is 17.5. The summed E-state index contributed by atoms with van der Waals surface area (Å²) in [5, 5.41) is 2.62. The van der Waals surface area contributed by atoms with Crippen LogP contribution in [0.4, 0.5) is 4.39 Å². The SMILES string of the molecule is CC(C)OC(=O)[C@H](C)N[P@@](=O)(OC[C@H]1O[C@@H](N2C=CC(=O)CC2=O)[C@](C)(F)[C@@H]1O[Si](O[Si](O)(C(C)C)C(C)C)(C(C)C)C(C)C)Oc1ccccc1. The average Bonchev–Trinajstić information content (AvgIpc) is 3.27. The number of nitrogens with zero attached hydrogens (tertiary/aromatic N) is 1. The first kappa shape index (κ1) is 44.1. The smallest absolute Gasteiger partial charge is 0.459 e. The normalized spacial score (nSPS) is 24.8. The molecule has 0 unspecified atom stereocenters. The van der Waals surface area contributed by atoms with Crippen molar-refractivity contribution in [3.05, 3.63) is 42.6 Å². The maximum Gasteiger partial charge on any atom is 0.459 e. The molecule has 2 heterocycles. The summed E-state index contributed by atoms with van der Waals surface area (Å²) >= 11 is 0. The molecule has 2 aliphatic heterocycles. The van der Waals surface area contributed by atoms with E-state index in [4.69, 9.17) is 27.1 Å². The van der Waals surface area contributed by atoms with E-state index in [1.54, 1.807) is 44.2 Å². The molecule has 52 heavy (non-hydrogen) atoms. The van der Waals surface area contributed by atoms with Crippen molar-refractivity contribution >= 4 is 42.5 Å². The predicted octanol–water partition coefficient (Wildman–Crippen LogP) is 6.81. The lowest BCUT2D eigenvalue weighted by Gasteiger charge is -2.48. The zero-order chi connectivity index (χ0) is 39.4. The average molecular weight is 789 g/mol. The topological polar surface area (TPSA) is 159 Å². The number of amides is 1. The van der Waals surface area contributed by atoms with Gasteiger partial charge in [-0.1, -0.05) is 73.6 Å². The van der Waals surface area contributed by atoms with Crippen molar-refractivity contribution in [3.63, 3.8) is 0 Å². The van der Waals surface area contributed by atoms with Gasteiger partial charge in [0.2, 0.25) is 5.91 Å². The molecular weight excluding hydrogens is 731 g/mol. The van der Waals surface area contributed by atoms with Crippen LogP contribution in [0.5, 0.6) is 5.75 Å². The van der Waals surface area contributed by atoms with E-state index in [2.05, 4.69) is 5.09 Å². The van der Waals surface area contributed by atoms with Gasteiger partial charge < -0.3 is 27.3 Å². The minimum atomic E-state index is -4.44. The molecular formula is C35H58FN2O11PSi2. The largest absolute Gasteiger partial charge is 0.462 e. The molecule has 0 aromatic heterocycles. The Bertz CT molecular complexity index is 1460. The van der Waals surface area contributed by atoms with Gasteiger partial charge in [-0.2, -0.15) is 5.09 Å². The number of carbonyl (C=O) groups is 3. The van der Waals surface area contributed by atoms with E-state index in [1.165, 1.54) is 26.1 Å². The molecule has 1 saturated heterocycles. The van der Waals surface area contributed by atoms with Gasteiger partial charge in [0.15, 0.2) is 17.7 Å². The summed E-state index contributed by atoms with van der Waals surface area (Å²) < 4.78 is 69.1. The van der Waals surface area contributed by atoms with Gasteiger partial charge in [-0.25, -0.2) is 8.96 Å². The van der Waals surface area contributed by atoms with Crippen LogP contribution < -0.4 is 9.61 Å². The second-order valence-electron chi connectivity index (χ2n) is 15.2. The first-order valence-electron chi connectivity index (χ1n) is 17.9. The highest BCUT2D eigenvalue weighted by atomic mass is 31.2. The molecule has 6 atom stereocenters. The van der Waals surface area contributed by atoms with Crippen LogP contribution in [0, 0.1) is 0 Å². The summed E-state index contributed by atoms with van der Waals surface area (Å²) in [5.74, 6) is -1.65. The fourth-order valence-corrected chi connectivity index (χ4v) is 17.8. The molecule has 0 saturated carbocycles. The van der Waals surface area contributed by atoms with E-state index < -0.39 is 91.8 Å². The molecule has 0 aliphatic carbocycles. The Labute approximate surface area is 310 Å². The number of nitrogens with one attached hydrogen (secondary N) is 1. The number of carbonyl (C=O) groups excluding carboxylic acids is 3. The fourth-order valence-electron chi connectivity index (χ4n) is 6.34. The van der Waals surface area contributed by atoms with Gasteiger partial charge in [0.25, 0.3) is 0 Å². The van der Waals surface area contributed by atoms with Gasteiger partial charge in [0, 0.05) is 6.20 Å². The van der Waals surface area contributed by atoms with E-state index in [0.29, 0.717) is 0 Å². The van der Waals surface area contributed by atoms with Crippen molar-refractivity contribution in [2.45, 2.75) is 148 Å². The van der Waals surface area contributed by atoms with Crippen LogP contribution in [0.25, 0.3) is 0 Å². The maximum atomic E-state index is 17.6. The zero-order valence-corrected chi connectivity index (χ0v) is 35.3. The van der Waals surface area contributed by atoms with Crippen LogP contribution in [-0.4, -0.2) is 87.3 Å². The second-order valence-corrected chi connectivity index (χ2v) is 25.5. The zero-order valence-electron chi connectivity index (χ0n) is 32.5. The number of para-hydroxylation sites is 1. The predicted molar refractivity (Wildman–Crippen MR) is 198 cm³/mol. The Kier molecular flexibility index (Phi) is 14.8. The number of hydrogen-bond acceptors (Lipinski definition) is 11. The lowest BCUT2D eigenvalue weighted by Crippen LogP contribution is -2.63. The Morgan fingerprint density at radius 1 is 1.02 bits per heavy atom. The van der Waals surface area contributed by atoms with E-state index in [0.717, 1.165) is 4.90 Å².